The molecular formula is C23H25F2N7O. The molecule has 8 nitrogen and oxygen atoms in total. The number of nitrogens with zero attached hydrogens (tertiary/aromatic N) is 5. The van der Waals surface area contributed by atoms with Gasteiger partial charge in [-0.15, -0.1) is 0 Å². The molecule has 1 fully saturated rings. The molecule has 0 unspecified atom stereocenters. The predicted molar refractivity (Wildman–Crippen MR) is 124 cm³/mol. The van der Waals surface area contributed by atoms with Gasteiger partial charge >= 0.3 is 0 Å². The number of anilines is 2. The fourth-order valence-electron chi connectivity index (χ4n) is 4.60. The van der Waals surface area contributed by atoms with E-state index in [-0.39, 0.29) is 16.8 Å². The summed E-state index contributed by atoms with van der Waals surface area (Å²) in [4.78, 5) is 15.2. The third kappa shape index (κ3) is 3.80. The largest absolute Gasteiger partial charge is 0.371 e. The van der Waals surface area contributed by atoms with E-state index in [2.05, 4.69) is 25.7 Å². The molecule has 0 radical (unpaired) electrons. The normalized spacial score (nSPS) is 15.0. The number of benzene rings is 2. The minimum atomic E-state index is -0.689. The van der Waals surface area contributed by atoms with Gasteiger partial charge in [0, 0.05) is 56.7 Å². The first-order valence-corrected chi connectivity index (χ1v) is 10.9. The van der Waals surface area contributed by atoms with Crippen LogP contribution in [0.2, 0.25) is 0 Å². The molecule has 10 heteroatoms. The number of halogens is 2. The van der Waals surface area contributed by atoms with Crippen LogP contribution in [0.3, 0.4) is 0 Å². The topological polar surface area (TPSA) is 80.0 Å². The second kappa shape index (κ2) is 8.11. The van der Waals surface area contributed by atoms with E-state index in [4.69, 9.17) is 0 Å². The lowest BCUT2D eigenvalue weighted by molar-refractivity contribution is 0.102. The van der Waals surface area contributed by atoms with Crippen molar-refractivity contribution in [2.75, 3.05) is 30.4 Å². The molecule has 0 bridgehead atoms. The number of fused-ring (bicyclic) bond motifs is 2. The molecule has 2 N–H and O–H groups in total. The summed E-state index contributed by atoms with van der Waals surface area (Å²) in [6.07, 6.45) is 5.25. The van der Waals surface area contributed by atoms with Gasteiger partial charge in [0.05, 0.1) is 16.6 Å². The van der Waals surface area contributed by atoms with Crippen LogP contribution in [0.1, 0.15) is 23.2 Å². The van der Waals surface area contributed by atoms with Gasteiger partial charge in [-0.25, -0.2) is 8.78 Å². The first-order valence-electron chi connectivity index (χ1n) is 10.9. The van der Waals surface area contributed by atoms with Crippen molar-refractivity contribution in [3.8, 4) is 0 Å². The summed E-state index contributed by atoms with van der Waals surface area (Å²) in [5, 5.41) is 15.5. The Hall–Kier alpha value is -3.53. The first kappa shape index (κ1) is 21.3. The highest BCUT2D eigenvalue weighted by molar-refractivity contribution is 6.14. The lowest BCUT2D eigenvalue weighted by Crippen LogP contribution is -2.41. The molecular weight excluding hydrogens is 428 g/mol. The Kier molecular flexibility index (Phi) is 5.24. The maximum atomic E-state index is 15.3. The van der Waals surface area contributed by atoms with E-state index in [1.807, 2.05) is 7.05 Å². The predicted octanol–water partition coefficient (Wildman–Crippen LogP) is 3.18. The maximum absolute atomic E-state index is 15.3. The molecule has 2 aromatic carbocycles. The number of nitrogens with one attached hydrogen (secondary N) is 2. The molecule has 0 saturated carbocycles. The van der Waals surface area contributed by atoms with Crippen molar-refractivity contribution in [3.05, 3.63) is 47.8 Å². The zero-order chi connectivity index (χ0) is 23.3. The summed E-state index contributed by atoms with van der Waals surface area (Å²) in [7, 11) is 5.37. The smallest absolute Gasteiger partial charge is 0.260 e. The minimum absolute atomic E-state index is 0.166. The van der Waals surface area contributed by atoms with E-state index in [0.29, 0.717) is 22.3 Å². The van der Waals surface area contributed by atoms with Crippen molar-refractivity contribution in [1.82, 2.24) is 24.9 Å². The Morgan fingerprint density at radius 1 is 1.00 bits per heavy atom. The van der Waals surface area contributed by atoms with Crippen molar-refractivity contribution >= 4 is 39.1 Å². The number of piperidine rings is 1. The van der Waals surface area contributed by atoms with Crippen LogP contribution in [-0.4, -0.2) is 51.6 Å². The Morgan fingerprint density at radius 2 is 1.70 bits per heavy atom. The fourth-order valence-corrected chi connectivity index (χ4v) is 4.60. The number of rotatable bonds is 4. The lowest BCUT2D eigenvalue weighted by Gasteiger charge is -2.34. The maximum Gasteiger partial charge on any atom is 0.260 e. The van der Waals surface area contributed by atoms with Gasteiger partial charge in [-0.05, 0) is 38.1 Å². The number of aromatic nitrogens is 4. The Morgan fingerprint density at radius 3 is 2.42 bits per heavy atom. The zero-order valence-corrected chi connectivity index (χ0v) is 18.7. The van der Waals surface area contributed by atoms with Gasteiger partial charge < -0.3 is 15.5 Å². The van der Waals surface area contributed by atoms with Crippen LogP contribution in [0.25, 0.3) is 21.8 Å². The average molecular weight is 453 g/mol. The number of carbonyl (C=O) groups excluding carboxylic acids is 1. The molecule has 0 aliphatic carbocycles. The standard InChI is InChI=1S/C23H25F2N7O/c1-26-13-4-6-32(7-5-13)20-10-18(25)21(22-16(20)12-31(3)29-22)23(33)27-14-8-17(24)15-11-30(2)28-19(15)9-14/h8-13,26H,4-7H2,1-3H3,(H,27,33). The van der Waals surface area contributed by atoms with Gasteiger partial charge in [0.15, 0.2) is 0 Å². The molecule has 0 spiro atoms. The molecule has 1 amide bonds. The number of hydrogen-bond donors (Lipinski definition) is 2. The molecule has 3 heterocycles. The molecule has 0 atom stereocenters. The van der Waals surface area contributed by atoms with Crippen molar-refractivity contribution in [1.29, 1.82) is 0 Å². The first-order chi connectivity index (χ1) is 15.8. The van der Waals surface area contributed by atoms with E-state index in [1.165, 1.54) is 16.8 Å². The van der Waals surface area contributed by atoms with Crippen LogP contribution < -0.4 is 15.5 Å². The number of aryl methyl sites for hydroxylation is 2. The van der Waals surface area contributed by atoms with Gasteiger partial charge in [-0.3, -0.25) is 14.2 Å². The Labute approximate surface area is 189 Å². The number of amides is 1. The summed E-state index contributed by atoms with van der Waals surface area (Å²) in [6.45, 7) is 1.56. The molecule has 33 heavy (non-hydrogen) atoms. The van der Waals surface area contributed by atoms with Crippen molar-refractivity contribution in [2.45, 2.75) is 18.9 Å². The highest BCUT2D eigenvalue weighted by Crippen LogP contribution is 2.33. The number of carbonyl (C=O) groups is 1. The van der Waals surface area contributed by atoms with Crippen LogP contribution in [0.15, 0.2) is 30.6 Å². The molecule has 1 saturated heterocycles. The average Bonchev–Trinajstić information content (AvgIpc) is 3.34. The highest BCUT2D eigenvalue weighted by atomic mass is 19.1. The molecule has 1 aliphatic rings. The molecule has 5 rings (SSSR count). The monoisotopic (exact) mass is 453 g/mol. The quantitative estimate of drug-likeness (QED) is 0.496. The Balaban J connectivity index is 1.51. The van der Waals surface area contributed by atoms with Gasteiger partial charge in [-0.1, -0.05) is 0 Å². The summed E-state index contributed by atoms with van der Waals surface area (Å²) in [6, 6.07) is 4.61. The van der Waals surface area contributed by atoms with Gasteiger partial charge in [0.2, 0.25) is 0 Å². The van der Waals surface area contributed by atoms with Crippen LogP contribution in [0.5, 0.6) is 0 Å². The molecule has 2 aromatic heterocycles. The second-order valence-corrected chi connectivity index (χ2v) is 8.52. The van der Waals surface area contributed by atoms with Crippen molar-refractivity contribution in [3.63, 3.8) is 0 Å². The van der Waals surface area contributed by atoms with Gasteiger partial charge in [-0.2, -0.15) is 10.2 Å². The SMILES string of the molecule is CNC1CCN(c2cc(F)c(C(=O)Nc3cc(F)c4cn(C)nc4c3)c3nn(C)cc23)CC1. The summed E-state index contributed by atoms with van der Waals surface area (Å²) >= 11 is 0. The van der Waals surface area contributed by atoms with E-state index < -0.39 is 17.5 Å². The van der Waals surface area contributed by atoms with Crippen LogP contribution in [-0.2, 0) is 14.1 Å². The lowest BCUT2D eigenvalue weighted by atomic mass is 10.0. The summed E-state index contributed by atoms with van der Waals surface area (Å²) in [5.74, 6) is -1.87. The third-order valence-electron chi connectivity index (χ3n) is 6.26. The zero-order valence-electron chi connectivity index (χ0n) is 18.7. The molecule has 172 valence electrons. The summed E-state index contributed by atoms with van der Waals surface area (Å²) in [5.41, 5.74) is 1.44. The highest BCUT2D eigenvalue weighted by Gasteiger charge is 2.26. The number of hydrogen-bond acceptors (Lipinski definition) is 5. The van der Waals surface area contributed by atoms with Crippen molar-refractivity contribution < 1.29 is 13.6 Å². The fraction of sp³-hybridized carbons (Fsp3) is 0.348. The third-order valence-corrected chi connectivity index (χ3v) is 6.26. The van der Waals surface area contributed by atoms with E-state index in [1.54, 1.807) is 37.2 Å². The van der Waals surface area contributed by atoms with Gasteiger partial charge in [0.1, 0.15) is 22.7 Å². The van der Waals surface area contributed by atoms with Crippen LogP contribution in [0, 0.1) is 11.6 Å². The minimum Gasteiger partial charge on any atom is -0.371 e. The van der Waals surface area contributed by atoms with E-state index >= 15 is 4.39 Å². The van der Waals surface area contributed by atoms with Gasteiger partial charge in [0.25, 0.3) is 5.91 Å². The molecule has 4 aromatic rings. The second-order valence-electron chi connectivity index (χ2n) is 8.52. The van der Waals surface area contributed by atoms with Crippen LogP contribution >= 0.6 is 0 Å². The molecule has 1 aliphatic heterocycles. The summed E-state index contributed by atoms with van der Waals surface area (Å²) < 4.78 is 32.9. The van der Waals surface area contributed by atoms with Crippen LogP contribution in [0.4, 0.5) is 20.2 Å². The van der Waals surface area contributed by atoms with E-state index in [0.717, 1.165) is 31.6 Å². The van der Waals surface area contributed by atoms with Crippen molar-refractivity contribution in [2.24, 2.45) is 14.1 Å². The van der Waals surface area contributed by atoms with E-state index in [9.17, 15) is 9.18 Å². The Bertz CT molecular complexity index is 1370.